The molecule has 2 rings (SSSR count). The standard InChI is InChI=1S/C14H18N4O/c1-4-10-9-13(19)17-14(15-10)16-11-5-7-12(8-6-11)18(2)3/h5-9H,4H2,1-3H3,(H2,15,16,17,19). The summed E-state index contributed by atoms with van der Waals surface area (Å²) in [5.74, 6) is 0.474. The Morgan fingerprint density at radius 3 is 2.53 bits per heavy atom. The van der Waals surface area contributed by atoms with Crippen LogP contribution in [0.2, 0.25) is 0 Å². The number of nitrogens with zero attached hydrogens (tertiary/aromatic N) is 2. The van der Waals surface area contributed by atoms with Gasteiger partial charge in [-0.15, -0.1) is 0 Å². The molecule has 0 aliphatic heterocycles. The van der Waals surface area contributed by atoms with Crippen LogP contribution in [0.1, 0.15) is 12.6 Å². The van der Waals surface area contributed by atoms with Crippen molar-refractivity contribution in [2.75, 3.05) is 24.3 Å². The first-order chi connectivity index (χ1) is 9.08. The van der Waals surface area contributed by atoms with E-state index in [0.717, 1.165) is 23.5 Å². The van der Waals surface area contributed by atoms with E-state index in [9.17, 15) is 4.79 Å². The summed E-state index contributed by atoms with van der Waals surface area (Å²) in [6, 6.07) is 9.43. The predicted molar refractivity (Wildman–Crippen MR) is 78.3 cm³/mol. The van der Waals surface area contributed by atoms with Gasteiger partial charge in [0.25, 0.3) is 5.56 Å². The summed E-state index contributed by atoms with van der Waals surface area (Å²) in [6.45, 7) is 1.97. The third-order valence-electron chi connectivity index (χ3n) is 2.80. The van der Waals surface area contributed by atoms with Crippen LogP contribution >= 0.6 is 0 Å². The summed E-state index contributed by atoms with van der Waals surface area (Å²) in [7, 11) is 3.98. The van der Waals surface area contributed by atoms with Crippen LogP contribution in [0, 0.1) is 0 Å². The first kappa shape index (κ1) is 13.1. The summed E-state index contributed by atoms with van der Waals surface area (Å²) < 4.78 is 0. The highest BCUT2D eigenvalue weighted by Crippen LogP contribution is 2.17. The van der Waals surface area contributed by atoms with Gasteiger partial charge >= 0.3 is 0 Å². The highest BCUT2D eigenvalue weighted by Gasteiger charge is 2.01. The summed E-state index contributed by atoms with van der Waals surface area (Å²) in [4.78, 5) is 20.5. The number of aromatic amines is 1. The second kappa shape index (κ2) is 5.56. The Morgan fingerprint density at radius 1 is 1.26 bits per heavy atom. The summed E-state index contributed by atoms with van der Waals surface area (Å²) in [5, 5.41) is 3.10. The van der Waals surface area contributed by atoms with Crippen LogP contribution in [0.5, 0.6) is 0 Å². The molecule has 1 aromatic carbocycles. The monoisotopic (exact) mass is 258 g/mol. The molecule has 1 aromatic heterocycles. The Hall–Kier alpha value is -2.30. The number of rotatable bonds is 4. The quantitative estimate of drug-likeness (QED) is 0.882. The van der Waals surface area contributed by atoms with E-state index in [1.165, 1.54) is 6.07 Å². The van der Waals surface area contributed by atoms with Crippen LogP contribution in [0.25, 0.3) is 0 Å². The van der Waals surface area contributed by atoms with Gasteiger partial charge in [0.05, 0.1) is 0 Å². The van der Waals surface area contributed by atoms with Crippen LogP contribution in [0.3, 0.4) is 0 Å². The molecule has 2 aromatic rings. The lowest BCUT2D eigenvalue weighted by atomic mass is 10.2. The topological polar surface area (TPSA) is 61.0 Å². The minimum Gasteiger partial charge on any atom is -0.378 e. The molecule has 100 valence electrons. The van der Waals surface area contributed by atoms with Gasteiger partial charge < -0.3 is 10.2 Å². The van der Waals surface area contributed by atoms with Gasteiger partial charge in [0.1, 0.15) is 0 Å². The van der Waals surface area contributed by atoms with Crippen molar-refractivity contribution in [1.29, 1.82) is 0 Å². The van der Waals surface area contributed by atoms with Gasteiger partial charge in [-0.2, -0.15) is 0 Å². The molecule has 0 radical (unpaired) electrons. The Labute approximate surface area is 112 Å². The predicted octanol–water partition coefficient (Wildman–Crippen LogP) is 2.14. The van der Waals surface area contributed by atoms with Crippen molar-refractivity contribution < 1.29 is 0 Å². The zero-order valence-electron chi connectivity index (χ0n) is 11.4. The number of aryl methyl sites for hydroxylation is 1. The van der Waals surface area contributed by atoms with Gasteiger partial charge in [0.2, 0.25) is 5.95 Å². The maximum atomic E-state index is 11.5. The number of anilines is 3. The lowest BCUT2D eigenvalue weighted by Crippen LogP contribution is -2.12. The lowest BCUT2D eigenvalue weighted by Gasteiger charge is -2.13. The molecule has 0 aliphatic carbocycles. The number of benzene rings is 1. The normalized spacial score (nSPS) is 10.3. The molecule has 0 aliphatic rings. The van der Waals surface area contributed by atoms with Gasteiger partial charge in [0.15, 0.2) is 0 Å². The molecular weight excluding hydrogens is 240 g/mol. The number of H-pyrrole nitrogens is 1. The highest BCUT2D eigenvalue weighted by molar-refractivity contribution is 5.58. The van der Waals surface area contributed by atoms with Gasteiger partial charge in [-0.3, -0.25) is 9.78 Å². The SMILES string of the molecule is CCc1cc(=O)[nH]c(Nc2ccc(N(C)C)cc2)n1. The van der Waals surface area contributed by atoms with E-state index in [1.54, 1.807) is 0 Å². The molecule has 0 spiro atoms. The molecule has 0 fully saturated rings. The minimum atomic E-state index is -0.140. The second-order valence-corrected chi connectivity index (χ2v) is 4.51. The third-order valence-corrected chi connectivity index (χ3v) is 2.80. The maximum Gasteiger partial charge on any atom is 0.252 e. The van der Waals surface area contributed by atoms with Crippen molar-refractivity contribution in [2.45, 2.75) is 13.3 Å². The average Bonchev–Trinajstić information content (AvgIpc) is 2.38. The highest BCUT2D eigenvalue weighted by atomic mass is 16.1. The smallest absolute Gasteiger partial charge is 0.252 e. The van der Waals surface area contributed by atoms with Crippen molar-refractivity contribution in [1.82, 2.24) is 9.97 Å². The van der Waals surface area contributed by atoms with E-state index in [1.807, 2.05) is 50.2 Å². The van der Waals surface area contributed by atoms with Crippen LogP contribution in [-0.2, 0) is 6.42 Å². The van der Waals surface area contributed by atoms with Crippen molar-refractivity contribution in [3.8, 4) is 0 Å². The zero-order valence-corrected chi connectivity index (χ0v) is 11.4. The van der Waals surface area contributed by atoms with E-state index in [2.05, 4.69) is 15.3 Å². The van der Waals surface area contributed by atoms with Crippen molar-refractivity contribution >= 4 is 17.3 Å². The summed E-state index contributed by atoms with van der Waals surface area (Å²) in [5.41, 5.74) is 2.65. The molecule has 2 N–H and O–H groups in total. The fourth-order valence-electron chi connectivity index (χ4n) is 1.73. The molecule has 0 saturated heterocycles. The Kier molecular flexibility index (Phi) is 3.85. The average molecular weight is 258 g/mol. The third kappa shape index (κ3) is 3.34. The van der Waals surface area contributed by atoms with E-state index in [4.69, 9.17) is 0 Å². The zero-order chi connectivity index (χ0) is 13.8. The van der Waals surface area contributed by atoms with E-state index >= 15 is 0 Å². The van der Waals surface area contributed by atoms with E-state index in [0.29, 0.717) is 5.95 Å². The molecule has 0 saturated carbocycles. The lowest BCUT2D eigenvalue weighted by molar-refractivity contribution is 0.986. The molecule has 1 heterocycles. The van der Waals surface area contributed by atoms with Crippen molar-refractivity contribution in [2.24, 2.45) is 0 Å². The Bertz CT molecular complexity index is 602. The summed E-state index contributed by atoms with van der Waals surface area (Å²) >= 11 is 0. The van der Waals surface area contributed by atoms with Gasteiger partial charge in [-0.25, -0.2) is 4.98 Å². The molecule has 5 heteroatoms. The number of hydrogen-bond donors (Lipinski definition) is 2. The second-order valence-electron chi connectivity index (χ2n) is 4.51. The van der Waals surface area contributed by atoms with Gasteiger partial charge in [0, 0.05) is 37.2 Å². The minimum absolute atomic E-state index is 0.140. The molecule has 0 bridgehead atoms. The molecule has 19 heavy (non-hydrogen) atoms. The summed E-state index contributed by atoms with van der Waals surface area (Å²) in [6.07, 6.45) is 0.734. The molecule has 0 amide bonds. The van der Waals surface area contributed by atoms with Gasteiger partial charge in [-0.05, 0) is 30.7 Å². The number of nitrogens with one attached hydrogen (secondary N) is 2. The largest absolute Gasteiger partial charge is 0.378 e. The van der Waals surface area contributed by atoms with Crippen LogP contribution in [-0.4, -0.2) is 24.1 Å². The Balaban J connectivity index is 2.21. The first-order valence-corrected chi connectivity index (χ1v) is 6.23. The number of hydrogen-bond acceptors (Lipinski definition) is 4. The van der Waals surface area contributed by atoms with Crippen LogP contribution in [0.15, 0.2) is 35.1 Å². The number of aromatic nitrogens is 2. The maximum absolute atomic E-state index is 11.5. The first-order valence-electron chi connectivity index (χ1n) is 6.23. The van der Waals surface area contributed by atoms with Crippen LogP contribution < -0.4 is 15.8 Å². The molecular formula is C14H18N4O. The van der Waals surface area contributed by atoms with E-state index < -0.39 is 0 Å². The van der Waals surface area contributed by atoms with Crippen LogP contribution in [0.4, 0.5) is 17.3 Å². The van der Waals surface area contributed by atoms with E-state index in [-0.39, 0.29) is 5.56 Å². The van der Waals surface area contributed by atoms with Crippen molar-refractivity contribution in [3.05, 3.63) is 46.4 Å². The van der Waals surface area contributed by atoms with Gasteiger partial charge in [-0.1, -0.05) is 6.92 Å². The molecule has 5 nitrogen and oxygen atoms in total. The fourth-order valence-corrected chi connectivity index (χ4v) is 1.73. The fraction of sp³-hybridized carbons (Fsp3) is 0.286. The molecule has 0 atom stereocenters. The Morgan fingerprint density at radius 2 is 1.95 bits per heavy atom. The van der Waals surface area contributed by atoms with Crippen molar-refractivity contribution in [3.63, 3.8) is 0 Å². The molecule has 0 unspecified atom stereocenters.